The molecule has 0 radical (unpaired) electrons. The van der Waals surface area contributed by atoms with Crippen molar-refractivity contribution in [1.82, 2.24) is 0 Å². The van der Waals surface area contributed by atoms with E-state index < -0.39 is 46.8 Å². The summed E-state index contributed by atoms with van der Waals surface area (Å²) in [6.07, 6.45) is 2.49. The zero-order valence-electron chi connectivity index (χ0n) is 24.6. The Bertz CT molecular complexity index is 1960. The summed E-state index contributed by atoms with van der Waals surface area (Å²) in [6.45, 7) is 0. The highest BCUT2D eigenvalue weighted by Crippen LogP contribution is 2.65. The molecule has 4 aromatic rings. The summed E-state index contributed by atoms with van der Waals surface area (Å²) in [4.78, 5) is 60.5. The quantitative estimate of drug-likeness (QED) is 0.208. The number of benzene rings is 4. The van der Waals surface area contributed by atoms with Crippen LogP contribution in [0.3, 0.4) is 0 Å². The van der Waals surface area contributed by atoms with Crippen LogP contribution in [0.2, 0.25) is 5.02 Å². The zero-order chi connectivity index (χ0) is 31.7. The number of rotatable bonds is 4. The summed E-state index contributed by atoms with van der Waals surface area (Å²) in [7, 11) is 0. The molecule has 0 aromatic heterocycles. The van der Waals surface area contributed by atoms with Crippen molar-refractivity contribution in [2.45, 2.75) is 24.2 Å². The number of aromatic hydroxyl groups is 1. The fraction of sp³-hybridized carbons (Fsp3) is 0.211. The van der Waals surface area contributed by atoms with E-state index in [-0.39, 0.29) is 24.0 Å². The fourth-order valence-electron chi connectivity index (χ4n) is 8.65. The largest absolute Gasteiger partial charge is 0.508 e. The van der Waals surface area contributed by atoms with Crippen LogP contribution in [0.1, 0.15) is 29.9 Å². The minimum atomic E-state index is -1.43. The van der Waals surface area contributed by atoms with Gasteiger partial charge < -0.3 is 5.11 Å². The van der Waals surface area contributed by atoms with Gasteiger partial charge in [-0.05, 0) is 60.7 Å². The number of carbonyl (C=O) groups excluding carboxylic acids is 4. The predicted molar refractivity (Wildman–Crippen MR) is 173 cm³/mol. The summed E-state index contributed by atoms with van der Waals surface area (Å²) >= 11 is 6.36. The van der Waals surface area contributed by atoms with Crippen molar-refractivity contribution in [3.05, 3.63) is 137 Å². The fourth-order valence-corrected chi connectivity index (χ4v) is 8.84. The normalized spacial score (nSPS) is 28.5. The van der Waals surface area contributed by atoms with E-state index >= 15 is 4.79 Å². The third-order valence-corrected chi connectivity index (χ3v) is 10.7. The van der Waals surface area contributed by atoms with Gasteiger partial charge in [0.15, 0.2) is 0 Å². The average Bonchev–Trinajstić information content (AvgIpc) is 3.46. The van der Waals surface area contributed by atoms with Gasteiger partial charge in [0.25, 0.3) is 0 Å². The molecule has 4 aliphatic rings. The number of halogens is 1. The second-order valence-corrected chi connectivity index (χ2v) is 12.9. The van der Waals surface area contributed by atoms with Crippen molar-refractivity contribution in [2.75, 3.05) is 9.80 Å². The van der Waals surface area contributed by atoms with Gasteiger partial charge in [-0.3, -0.25) is 24.1 Å². The predicted octanol–water partition coefficient (Wildman–Crippen LogP) is 6.41. The maximum Gasteiger partial charge on any atom is 0.246 e. The molecule has 0 spiro atoms. The summed E-state index contributed by atoms with van der Waals surface area (Å²) in [5, 5.41) is 11.8. The topological polar surface area (TPSA) is 95.0 Å². The first-order valence-electron chi connectivity index (χ1n) is 15.4. The molecule has 1 saturated carbocycles. The number of carbonyl (C=O) groups is 4. The first-order valence-corrected chi connectivity index (χ1v) is 15.8. The van der Waals surface area contributed by atoms with Crippen molar-refractivity contribution in [3.8, 4) is 5.75 Å². The molecule has 4 aromatic carbocycles. The number of allylic oxidation sites excluding steroid dienone is 2. The van der Waals surface area contributed by atoms with Crippen LogP contribution in [0.25, 0.3) is 0 Å². The molecule has 2 aliphatic carbocycles. The van der Waals surface area contributed by atoms with Crippen LogP contribution in [0.15, 0.2) is 121 Å². The molecule has 4 amide bonds. The van der Waals surface area contributed by atoms with Crippen LogP contribution in [0.5, 0.6) is 5.75 Å². The molecular weight excluding hydrogens is 600 g/mol. The third kappa shape index (κ3) is 3.84. The van der Waals surface area contributed by atoms with E-state index in [1.165, 1.54) is 9.80 Å². The standard InChI is InChI=1S/C38H29ClN2O5/c39-23-12-9-15-25(20-23)41-35(44)30-21-29-26(18-19-28-32(29)36(45)40(34(28)43)24-13-5-2-6-14-24)33(27-16-7-8-17-31(27)42)38(30,37(41)46)22-10-3-1-4-11-22/h1-18,20,28-30,32-33,42H,19,21H2/t28-,29+,30-,32-,33+,38+/m0/s1. The number of para-hydroxylation sites is 2. The molecule has 0 bridgehead atoms. The lowest BCUT2D eigenvalue weighted by Gasteiger charge is -2.50. The molecule has 7 nitrogen and oxygen atoms in total. The number of imide groups is 2. The molecule has 8 heteroatoms. The maximum atomic E-state index is 15.2. The molecule has 2 saturated heterocycles. The Balaban J connectivity index is 1.36. The molecule has 2 aliphatic heterocycles. The van der Waals surface area contributed by atoms with Crippen LogP contribution < -0.4 is 9.80 Å². The lowest BCUT2D eigenvalue weighted by molar-refractivity contribution is -0.127. The number of phenolic OH excluding ortho intramolecular Hbond substituents is 1. The van der Waals surface area contributed by atoms with E-state index in [1.54, 1.807) is 72.8 Å². The third-order valence-electron chi connectivity index (χ3n) is 10.4. The number of anilines is 2. The number of amides is 4. The van der Waals surface area contributed by atoms with E-state index in [9.17, 15) is 19.5 Å². The summed E-state index contributed by atoms with van der Waals surface area (Å²) in [5.41, 5.74) is 1.39. The lowest BCUT2D eigenvalue weighted by atomic mass is 9.49. The van der Waals surface area contributed by atoms with Crippen molar-refractivity contribution < 1.29 is 24.3 Å². The monoisotopic (exact) mass is 628 g/mol. The van der Waals surface area contributed by atoms with Crippen LogP contribution in [0, 0.1) is 23.7 Å². The minimum absolute atomic E-state index is 0.00794. The number of nitrogens with zero attached hydrogens (tertiary/aromatic N) is 2. The molecule has 46 heavy (non-hydrogen) atoms. The van der Waals surface area contributed by atoms with Gasteiger partial charge in [-0.1, -0.05) is 96.0 Å². The van der Waals surface area contributed by atoms with Gasteiger partial charge in [-0.25, -0.2) is 4.90 Å². The Morgan fingerprint density at radius 1 is 0.696 bits per heavy atom. The lowest BCUT2D eigenvalue weighted by Crippen LogP contribution is -2.53. The van der Waals surface area contributed by atoms with E-state index in [2.05, 4.69) is 0 Å². The molecule has 228 valence electrons. The molecule has 0 unspecified atom stereocenters. The van der Waals surface area contributed by atoms with Crippen molar-refractivity contribution in [3.63, 3.8) is 0 Å². The highest BCUT2D eigenvalue weighted by molar-refractivity contribution is 6.32. The minimum Gasteiger partial charge on any atom is -0.508 e. The number of hydrogen-bond acceptors (Lipinski definition) is 5. The van der Waals surface area contributed by atoms with Crippen LogP contribution in [-0.4, -0.2) is 28.7 Å². The molecule has 3 fully saturated rings. The van der Waals surface area contributed by atoms with Gasteiger partial charge in [-0.15, -0.1) is 0 Å². The molecule has 1 N–H and O–H groups in total. The van der Waals surface area contributed by atoms with Crippen molar-refractivity contribution in [1.29, 1.82) is 0 Å². The Morgan fingerprint density at radius 3 is 2.09 bits per heavy atom. The second-order valence-electron chi connectivity index (χ2n) is 12.5. The SMILES string of the molecule is O=C1[C@H]2[C@H](CC=C3[C@H]2C[C@H]2C(=O)N(c4cccc(Cl)c4)C(=O)[C@@]2(c2ccccc2)[C@H]3c2ccccc2O)C(=O)N1c1ccccc1. The van der Waals surface area contributed by atoms with E-state index in [0.717, 1.165) is 5.57 Å². The van der Waals surface area contributed by atoms with Gasteiger partial charge in [-0.2, -0.15) is 0 Å². The molecule has 2 heterocycles. The summed E-state index contributed by atoms with van der Waals surface area (Å²) in [5.74, 6) is -4.85. The molecular formula is C38H29ClN2O5. The van der Waals surface area contributed by atoms with Crippen LogP contribution >= 0.6 is 11.6 Å². The van der Waals surface area contributed by atoms with E-state index in [4.69, 9.17) is 11.6 Å². The first-order chi connectivity index (χ1) is 22.3. The number of hydrogen-bond donors (Lipinski definition) is 1. The van der Waals surface area contributed by atoms with E-state index in [0.29, 0.717) is 33.9 Å². The van der Waals surface area contributed by atoms with Crippen molar-refractivity contribution >= 4 is 46.6 Å². The van der Waals surface area contributed by atoms with Gasteiger partial charge in [0, 0.05) is 16.5 Å². The summed E-state index contributed by atoms with van der Waals surface area (Å²) in [6, 6.07) is 31.7. The zero-order valence-corrected chi connectivity index (χ0v) is 25.4. The summed E-state index contributed by atoms with van der Waals surface area (Å²) < 4.78 is 0. The smallest absolute Gasteiger partial charge is 0.246 e. The van der Waals surface area contributed by atoms with Gasteiger partial charge in [0.05, 0.1) is 34.5 Å². The first kappa shape index (κ1) is 28.5. The average molecular weight is 629 g/mol. The van der Waals surface area contributed by atoms with Crippen LogP contribution in [0.4, 0.5) is 11.4 Å². The number of fused-ring (bicyclic) bond motifs is 4. The van der Waals surface area contributed by atoms with Gasteiger partial charge in [0.2, 0.25) is 23.6 Å². The number of phenols is 1. The highest BCUT2D eigenvalue weighted by atomic mass is 35.5. The highest BCUT2D eigenvalue weighted by Gasteiger charge is 2.70. The maximum absolute atomic E-state index is 15.2. The van der Waals surface area contributed by atoms with Gasteiger partial charge >= 0.3 is 0 Å². The van der Waals surface area contributed by atoms with E-state index in [1.807, 2.05) is 42.5 Å². The Hall–Kier alpha value is -5.01. The second kappa shape index (κ2) is 10.5. The van der Waals surface area contributed by atoms with Crippen LogP contribution in [-0.2, 0) is 24.6 Å². The molecule has 6 atom stereocenters. The van der Waals surface area contributed by atoms with Crippen molar-refractivity contribution in [2.24, 2.45) is 23.7 Å². The molecule has 8 rings (SSSR count). The van der Waals surface area contributed by atoms with Gasteiger partial charge in [0.1, 0.15) is 5.75 Å². The Kier molecular flexibility index (Phi) is 6.51. The Labute approximate surface area is 270 Å². The Morgan fingerprint density at radius 2 is 1.37 bits per heavy atom.